The number of nitrogen functional groups attached to an aromatic ring is 1. The Kier molecular flexibility index (Phi) is 2.55. The first-order chi connectivity index (χ1) is 8.74. The summed E-state index contributed by atoms with van der Waals surface area (Å²) in [6, 6.07) is 8.55. The Bertz CT molecular complexity index is 681. The summed E-state index contributed by atoms with van der Waals surface area (Å²) < 4.78 is 5.23. The molecule has 0 radical (unpaired) electrons. The van der Waals surface area contributed by atoms with Crippen LogP contribution in [0.5, 0.6) is 0 Å². The van der Waals surface area contributed by atoms with Crippen molar-refractivity contribution in [1.82, 2.24) is 9.97 Å². The molecule has 0 atom stereocenters. The van der Waals surface area contributed by atoms with Crippen LogP contribution in [0.25, 0.3) is 10.9 Å². The number of aryl methyl sites for hydroxylation is 3. The van der Waals surface area contributed by atoms with Crippen LogP contribution < -0.4 is 5.73 Å². The van der Waals surface area contributed by atoms with E-state index in [1.807, 2.05) is 13.0 Å². The molecule has 0 aliphatic rings. The molecule has 0 saturated carbocycles. The molecule has 4 heteroatoms. The summed E-state index contributed by atoms with van der Waals surface area (Å²) >= 11 is 0. The average molecular weight is 241 g/mol. The first-order valence-corrected chi connectivity index (χ1v) is 6.01. The highest BCUT2D eigenvalue weighted by atomic mass is 16.4. The van der Waals surface area contributed by atoms with Gasteiger partial charge in [-0.2, -0.15) is 4.98 Å². The zero-order valence-corrected chi connectivity index (χ0v) is 10.2. The van der Waals surface area contributed by atoms with Gasteiger partial charge in [-0.25, -0.2) is 0 Å². The van der Waals surface area contributed by atoms with Gasteiger partial charge in [0.25, 0.3) is 6.01 Å². The highest BCUT2D eigenvalue weighted by Gasteiger charge is 2.09. The van der Waals surface area contributed by atoms with Crippen LogP contribution in [0.3, 0.4) is 0 Å². The Morgan fingerprint density at radius 1 is 1.28 bits per heavy atom. The minimum absolute atomic E-state index is 0.251. The highest BCUT2D eigenvalue weighted by Crippen LogP contribution is 2.20. The molecule has 0 saturated heterocycles. The number of nitrogens with one attached hydrogen (secondary N) is 1. The van der Waals surface area contributed by atoms with E-state index in [-0.39, 0.29) is 6.01 Å². The number of anilines is 1. The molecule has 0 aliphatic heterocycles. The second kappa shape index (κ2) is 4.22. The predicted molar refractivity (Wildman–Crippen MR) is 71.4 cm³/mol. The second-order valence-electron chi connectivity index (χ2n) is 4.41. The van der Waals surface area contributed by atoms with Gasteiger partial charge in [-0.3, -0.25) is 0 Å². The van der Waals surface area contributed by atoms with E-state index in [9.17, 15) is 0 Å². The molecule has 0 amide bonds. The van der Waals surface area contributed by atoms with Crippen molar-refractivity contribution in [2.75, 3.05) is 5.73 Å². The molecule has 0 bridgehead atoms. The fourth-order valence-corrected chi connectivity index (χ4v) is 2.27. The molecule has 0 unspecified atom stereocenters. The maximum absolute atomic E-state index is 5.53. The predicted octanol–water partition coefficient (Wildman–Crippen LogP) is 2.83. The zero-order valence-electron chi connectivity index (χ0n) is 10.2. The summed E-state index contributed by atoms with van der Waals surface area (Å²) in [5.41, 5.74) is 8.95. The summed E-state index contributed by atoms with van der Waals surface area (Å²) in [5.74, 6) is 0.812. The van der Waals surface area contributed by atoms with Gasteiger partial charge in [-0.05, 0) is 31.4 Å². The topological polar surface area (TPSA) is 67.8 Å². The Balaban J connectivity index is 1.83. The van der Waals surface area contributed by atoms with Gasteiger partial charge in [-0.1, -0.05) is 18.2 Å². The number of para-hydroxylation sites is 1. The summed E-state index contributed by atoms with van der Waals surface area (Å²) in [6.07, 6.45) is 3.83. The Hall–Kier alpha value is -2.23. The van der Waals surface area contributed by atoms with Gasteiger partial charge in [0.2, 0.25) is 0 Å². The van der Waals surface area contributed by atoms with Crippen LogP contribution in [0.2, 0.25) is 0 Å². The molecule has 0 fully saturated rings. The molecule has 92 valence electrons. The van der Waals surface area contributed by atoms with Crippen molar-refractivity contribution < 1.29 is 4.42 Å². The molecule has 1 aromatic carbocycles. The van der Waals surface area contributed by atoms with Gasteiger partial charge < -0.3 is 15.1 Å². The van der Waals surface area contributed by atoms with Crippen molar-refractivity contribution in [3.63, 3.8) is 0 Å². The lowest BCUT2D eigenvalue weighted by atomic mass is 10.1. The Morgan fingerprint density at radius 3 is 2.89 bits per heavy atom. The summed E-state index contributed by atoms with van der Waals surface area (Å²) in [6.45, 7) is 1.90. The monoisotopic (exact) mass is 241 g/mol. The van der Waals surface area contributed by atoms with Gasteiger partial charge >= 0.3 is 0 Å². The van der Waals surface area contributed by atoms with Gasteiger partial charge in [-0.15, -0.1) is 0 Å². The van der Waals surface area contributed by atoms with Crippen LogP contribution in [-0.4, -0.2) is 9.97 Å². The van der Waals surface area contributed by atoms with Crippen molar-refractivity contribution in [2.24, 2.45) is 0 Å². The maximum atomic E-state index is 5.53. The SMILES string of the molecule is Cc1oc(N)nc1CCc1c[nH]c2ccccc12. The van der Waals surface area contributed by atoms with Gasteiger partial charge in [0.1, 0.15) is 5.76 Å². The third-order valence-corrected chi connectivity index (χ3v) is 3.22. The molecule has 18 heavy (non-hydrogen) atoms. The van der Waals surface area contributed by atoms with E-state index in [0.29, 0.717) is 0 Å². The molecule has 4 nitrogen and oxygen atoms in total. The lowest BCUT2D eigenvalue weighted by Crippen LogP contribution is -1.93. The lowest BCUT2D eigenvalue weighted by molar-refractivity contribution is 0.544. The molecular weight excluding hydrogens is 226 g/mol. The fourth-order valence-electron chi connectivity index (χ4n) is 2.27. The standard InChI is InChI=1S/C14H15N3O/c1-9-12(17-14(15)18-9)7-6-10-8-16-13-5-3-2-4-11(10)13/h2-5,8,16H,6-7H2,1H3,(H2,15,17). The summed E-state index contributed by atoms with van der Waals surface area (Å²) in [7, 11) is 0. The summed E-state index contributed by atoms with van der Waals surface area (Å²) in [5, 5.41) is 1.27. The van der Waals surface area contributed by atoms with Crippen molar-refractivity contribution >= 4 is 16.9 Å². The summed E-state index contributed by atoms with van der Waals surface area (Å²) in [4.78, 5) is 7.47. The van der Waals surface area contributed by atoms with Crippen LogP contribution >= 0.6 is 0 Å². The van der Waals surface area contributed by atoms with Crippen molar-refractivity contribution in [3.8, 4) is 0 Å². The average Bonchev–Trinajstić information content (AvgIpc) is 2.90. The number of nitrogens with two attached hydrogens (primary N) is 1. The fraction of sp³-hybridized carbons (Fsp3) is 0.214. The van der Waals surface area contributed by atoms with E-state index < -0.39 is 0 Å². The molecule has 2 heterocycles. The molecule has 3 rings (SSSR count). The van der Waals surface area contributed by atoms with Crippen molar-refractivity contribution in [3.05, 3.63) is 47.5 Å². The van der Waals surface area contributed by atoms with Gasteiger partial charge in [0.15, 0.2) is 0 Å². The van der Waals surface area contributed by atoms with Crippen LogP contribution in [0, 0.1) is 6.92 Å². The van der Waals surface area contributed by atoms with Crippen LogP contribution in [0.1, 0.15) is 17.0 Å². The zero-order chi connectivity index (χ0) is 12.5. The largest absolute Gasteiger partial charge is 0.429 e. The van der Waals surface area contributed by atoms with E-state index in [0.717, 1.165) is 24.3 Å². The van der Waals surface area contributed by atoms with Crippen molar-refractivity contribution in [2.45, 2.75) is 19.8 Å². The molecule has 3 N–H and O–H groups in total. The lowest BCUT2D eigenvalue weighted by Gasteiger charge is -1.98. The third kappa shape index (κ3) is 1.86. The first-order valence-electron chi connectivity index (χ1n) is 6.01. The third-order valence-electron chi connectivity index (χ3n) is 3.22. The number of H-pyrrole nitrogens is 1. The van der Waals surface area contributed by atoms with E-state index >= 15 is 0 Å². The van der Waals surface area contributed by atoms with E-state index in [4.69, 9.17) is 10.2 Å². The molecule has 0 aliphatic carbocycles. The number of aromatic nitrogens is 2. The van der Waals surface area contributed by atoms with E-state index in [1.165, 1.54) is 16.5 Å². The van der Waals surface area contributed by atoms with Crippen molar-refractivity contribution in [1.29, 1.82) is 0 Å². The normalized spacial score (nSPS) is 11.2. The number of benzene rings is 1. The van der Waals surface area contributed by atoms with Crippen LogP contribution in [0.15, 0.2) is 34.9 Å². The van der Waals surface area contributed by atoms with Crippen LogP contribution in [0.4, 0.5) is 6.01 Å². The second-order valence-corrected chi connectivity index (χ2v) is 4.41. The molecule has 2 aromatic heterocycles. The van der Waals surface area contributed by atoms with E-state index in [1.54, 1.807) is 0 Å². The van der Waals surface area contributed by atoms with Crippen LogP contribution in [-0.2, 0) is 12.8 Å². The number of oxazole rings is 1. The number of rotatable bonds is 3. The van der Waals surface area contributed by atoms with Gasteiger partial charge in [0.05, 0.1) is 5.69 Å². The molecule has 3 aromatic rings. The quantitative estimate of drug-likeness (QED) is 0.740. The maximum Gasteiger partial charge on any atom is 0.292 e. The smallest absolute Gasteiger partial charge is 0.292 e. The van der Waals surface area contributed by atoms with Gasteiger partial charge in [0, 0.05) is 17.1 Å². The number of nitrogens with zero attached hydrogens (tertiary/aromatic N) is 1. The Labute approximate surface area is 105 Å². The number of hydrogen-bond acceptors (Lipinski definition) is 3. The molecule has 0 spiro atoms. The molecular formula is C14H15N3O. The Morgan fingerprint density at radius 2 is 2.11 bits per heavy atom. The first kappa shape index (κ1) is 10.9. The van der Waals surface area contributed by atoms with E-state index in [2.05, 4.69) is 34.4 Å². The minimum Gasteiger partial charge on any atom is -0.429 e. The number of aromatic amines is 1. The highest BCUT2D eigenvalue weighted by molar-refractivity contribution is 5.83. The number of fused-ring (bicyclic) bond motifs is 1. The number of hydrogen-bond donors (Lipinski definition) is 2. The minimum atomic E-state index is 0.251.